The average Bonchev–Trinajstić information content (AvgIpc) is 3.48. The molecule has 0 bridgehead atoms. The maximum atomic E-state index is 14.2. The molecule has 0 aromatic heterocycles. The molecule has 1 heterocycles. The molecule has 2 aromatic carbocycles. The van der Waals surface area contributed by atoms with Crippen molar-refractivity contribution < 1.29 is 18.7 Å². The number of benzene rings is 2. The Labute approximate surface area is 173 Å². The van der Waals surface area contributed by atoms with E-state index in [9.17, 15) is 9.18 Å². The van der Waals surface area contributed by atoms with E-state index in [2.05, 4.69) is 0 Å². The minimum Gasteiger partial charge on any atom is -0.489 e. The summed E-state index contributed by atoms with van der Waals surface area (Å²) in [5, 5.41) is 0.759. The molecule has 0 atom stereocenters. The summed E-state index contributed by atoms with van der Waals surface area (Å²) >= 11 is 12.5. The minimum atomic E-state index is -0.399. The number of amides is 1. The number of ether oxygens (including phenoxy) is 2. The molecule has 2 aliphatic rings. The Balaban J connectivity index is 1.54. The highest BCUT2D eigenvalue weighted by Gasteiger charge is 2.33. The summed E-state index contributed by atoms with van der Waals surface area (Å²) in [5.74, 6) is 0.590. The number of hydrogen-bond acceptors (Lipinski definition) is 3. The highest BCUT2D eigenvalue weighted by molar-refractivity contribution is 6.32. The molecule has 7 heteroatoms. The Hall–Kier alpha value is -1.98. The SMILES string of the molecule is O=C(Cc1cc(Cl)c2c(c1)OCCCO2)N(Cc1c(F)cccc1Cl)C1CC1. The third-order valence-electron chi connectivity index (χ3n) is 4.92. The quantitative estimate of drug-likeness (QED) is 0.676. The molecule has 1 aliphatic heterocycles. The van der Waals surface area contributed by atoms with Gasteiger partial charge in [0.15, 0.2) is 11.5 Å². The lowest BCUT2D eigenvalue weighted by atomic mass is 10.1. The first kappa shape index (κ1) is 19.3. The van der Waals surface area contributed by atoms with E-state index in [0.29, 0.717) is 40.3 Å². The lowest BCUT2D eigenvalue weighted by Gasteiger charge is -2.24. The zero-order valence-corrected chi connectivity index (χ0v) is 16.7. The van der Waals surface area contributed by atoms with Gasteiger partial charge in [-0.25, -0.2) is 4.39 Å². The van der Waals surface area contributed by atoms with Crippen LogP contribution in [-0.2, 0) is 17.8 Å². The van der Waals surface area contributed by atoms with Gasteiger partial charge in [0.25, 0.3) is 0 Å². The van der Waals surface area contributed by atoms with Gasteiger partial charge in [-0.3, -0.25) is 4.79 Å². The molecule has 1 fully saturated rings. The number of fused-ring (bicyclic) bond motifs is 1. The van der Waals surface area contributed by atoms with Crippen molar-refractivity contribution in [3.63, 3.8) is 0 Å². The number of hydrogen-bond donors (Lipinski definition) is 0. The van der Waals surface area contributed by atoms with Gasteiger partial charge in [-0.15, -0.1) is 0 Å². The van der Waals surface area contributed by atoms with E-state index < -0.39 is 5.82 Å². The fourth-order valence-corrected chi connectivity index (χ4v) is 3.83. The van der Waals surface area contributed by atoms with Crippen molar-refractivity contribution in [2.24, 2.45) is 0 Å². The molecule has 0 N–H and O–H groups in total. The maximum absolute atomic E-state index is 14.2. The average molecular weight is 424 g/mol. The van der Waals surface area contributed by atoms with Crippen molar-refractivity contribution in [1.29, 1.82) is 0 Å². The fraction of sp³-hybridized carbons (Fsp3) is 0.381. The van der Waals surface area contributed by atoms with E-state index in [0.717, 1.165) is 24.8 Å². The molecular weight excluding hydrogens is 404 g/mol. The molecule has 0 saturated heterocycles. The summed E-state index contributed by atoms with van der Waals surface area (Å²) in [4.78, 5) is 14.7. The fourth-order valence-electron chi connectivity index (χ4n) is 3.32. The number of halogens is 3. The summed E-state index contributed by atoms with van der Waals surface area (Å²) in [6.07, 6.45) is 2.76. The van der Waals surface area contributed by atoms with Crippen LogP contribution in [0.5, 0.6) is 11.5 Å². The second kappa shape index (κ2) is 8.18. The zero-order valence-electron chi connectivity index (χ0n) is 15.2. The Morgan fingerprint density at radius 3 is 2.68 bits per heavy atom. The highest BCUT2D eigenvalue weighted by Crippen LogP contribution is 2.38. The summed E-state index contributed by atoms with van der Waals surface area (Å²) < 4.78 is 25.5. The van der Waals surface area contributed by atoms with Crippen LogP contribution in [0.4, 0.5) is 4.39 Å². The minimum absolute atomic E-state index is 0.0904. The predicted octanol–water partition coefficient (Wildman–Crippen LogP) is 5.03. The largest absolute Gasteiger partial charge is 0.489 e. The molecule has 4 rings (SSSR count). The van der Waals surface area contributed by atoms with Crippen LogP contribution in [0.15, 0.2) is 30.3 Å². The van der Waals surface area contributed by atoms with E-state index in [1.54, 1.807) is 29.2 Å². The second-order valence-corrected chi connectivity index (χ2v) is 7.90. The van der Waals surface area contributed by atoms with Gasteiger partial charge in [-0.1, -0.05) is 29.3 Å². The van der Waals surface area contributed by atoms with Crippen molar-refractivity contribution in [3.05, 3.63) is 57.3 Å². The summed E-state index contributed by atoms with van der Waals surface area (Å²) in [6.45, 7) is 1.25. The standard InChI is InChI=1S/C21H20Cl2FNO3/c22-16-3-1-4-18(24)15(16)12-25(14-5-6-14)20(26)11-13-9-17(23)21-19(10-13)27-7-2-8-28-21/h1,3-4,9-10,14H,2,5-8,11-12H2. The van der Waals surface area contributed by atoms with Crippen LogP contribution < -0.4 is 9.47 Å². The second-order valence-electron chi connectivity index (χ2n) is 7.09. The van der Waals surface area contributed by atoms with Crippen LogP contribution in [0, 0.1) is 5.82 Å². The van der Waals surface area contributed by atoms with Gasteiger partial charge < -0.3 is 14.4 Å². The molecule has 0 spiro atoms. The third kappa shape index (κ3) is 4.20. The van der Waals surface area contributed by atoms with Crippen LogP contribution in [0.25, 0.3) is 0 Å². The normalized spacial score (nSPS) is 15.8. The zero-order chi connectivity index (χ0) is 19.7. The van der Waals surface area contributed by atoms with Crippen molar-refractivity contribution >= 4 is 29.1 Å². The van der Waals surface area contributed by atoms with E-state index in [1.807, 2.05) is 0 Å². The van der Waals surface area contributed by atoms with Crippen LogP contribution in [0.1, 0.15) is 30.4 Å². The van der Waals surface area contributed by atoms with Crippen LogP contribution in [0.2, 0.25) is 10.0 Å². The predicted molar refractivity (Wildman–Crippen MR) is 106 cm³/mol. The Kier molecular flexibility index (Phi) is 5.65. The van der Waals surface area contributed by atoms with Gasteiger partial charge in [0, 0.05) is 23.0 Å². The molecular formula is C21H20Cl2FNO3. The number of carbonyl (C=O) groups is 1. The van der Waals surface area contributed by atoms with Gasteiger partial charge in [0.2, 0.25) is 5.91 Å². The lowest BCUT2D eigenvalue weighted by molar-refractivity contribution is -0.131. The van der Waals surface area contributed by atoms with Gasteiger partial charge >= 0.3 is 0 Å². The lowest BCUT2D eigenvalue weighted by Crippen LogP contribution is -2.34. The smallest absolute Gasteiger partial charge is 0.227 e. The van der Waals surface area contributed by atoms with Gasteiger partial charge in [-0.2, -0.15) is 0 Å². The molecule has 1 amide bonds. The Bertz CT molecular complexity index is 881. The number of rotatable bonds is 5. The monoisotopic (exact) mass is 423 g/mol. The van der Waals surface area contributed by atoms with Crippen LogP contribution in [0.3, 0.4) is 0 Å². The molecule has 4 nitrogen and oxygen atoms in total. The van der Waals surface area contributed by atoms with Gasteiger partial charge in [-0.05, 0) is 42.7 Å². The van der Waals surface area contributed by atoms with Crippen LogP contribution in [-0.4, -0.2) is 30.1 Å². The molecule has 0 unspecified atom stereocenters. The maximum Gasteiger partial charge on any atom is 0.227 e. The Morgan fingerprint density at radius 2 is 1.93 bits per heavy atom. The molecule has 28 heavy (non-hydrogen) atoms. The number of nitrogens with zero attached hydrogens (tertiary/aromatic N) is 1. The van der Waals surface area contributed by atoms with Crippen molar-refractivity contribution in [2.45, 2.75) is 38.3 Å². The molecule has 148 valence electrons. The van der Waals surface area contributed by atoms with Crippen molar-refractivity contribution in [2.75, 3.05) is 13.2 Å². The van der Waals surface area contributed by atoms with Gasteiger partial charge in [0.1, 0.15) is 5.82 Å². The van der Waals surface area contributed by atoms with E-state index in [-0.39, 0.29) is 24.9 Å². The van der Waals surface area contributed by atoms with Crippen molar-refractivity contribution in [1.82, 2.24) is 4.90 Å². The summed E-state index contributed by atoms with van der Waals surface area (Å²) in [7, 11) is 0. The highest BCUT2D eigenvalue weighted by atomic mass is 35.5. The number of carbonyl (C=O) groups excluding carboxylic acids is 1. The first-order valence-corrected chi connectivity index (χ1v) is 10.1. The topological polar surface area (TPSA) is 38.8 Å². The first-order chi connectivity index (χ1) is 13.5. The van der Waals surface area contributed by atoms with E-state index >= 15 is 0 Å². The Morgan fingerprint density at radius 1 is 1.14 bits per heavy atom. The third-order valence-corrected chi connectivity index (χ3v) is 5.55. The van der Waals surface area contributed by atoms with E-state index in [1.165, 1.54) is 6.07 Å². The van der Waals surface area contributed by atoms with Gasteiger partial charge in [0.05, 0.1) is 31.2 Å². The van der Waals surface area contributed by atoms with Crippen LogP contribution >= 0.6 is 23.2 Å². The summed E-state index contributed by atoms with van der Waals surface area (Å²) in [5.41, 5.74) is 1.09. The molecule has 0 radical (unpaired) electrons. The summed E-state index contributed by atoms with van der Waals surface area (Å²) in [6, 6.07) is 8.21. The van der Waals surface area contributed by atoms with Crippen molar-refractivity contribution in [3.8, 4) is 11.5 Å². The molecule has 2 aromatic rings. The molecule has 1 saturated carbocycles. The first-order valence-electron chi connectivity index (χ1n) is 9.33. The van der Waals surface area contributed by atoms with E-state index in [4.69, 9.17) is 32.7 Å². The molecule has 1 aliphatic carbocycles.